The highest BCUT2D eigenvalue weighted by atomic mass is 16.5. The van der Waals surface area contributed by atoms with Gasteiger partial charge in [0.25, 0.3) is 0 Å². The van der Waals surface area contributed by atoms with Crippen LogP contribution >= 0.6 is 0 Å². The van der Waals surface area contributed by atoms with E-state index in [9.17, 15) is 0 Å². The number of nitrogens with one attached hydrogen (secondary N) is 1. The first-order valence-electron chi connectivity index (χ1n) is 6.08. The van der Waals surface area contributed by atoms with E-state index in [4.69, 9.17) is 4.74 Å². The van der Waals surface area contributed by atoms with Gasteiger partial charge in [-0.05, 0) is 32.3 Å². The molecule has 1 unspecified atom stereocenters. The molecule has 2 nitrogen and oxygen atoms in total. The second-order valence-corrected chi connectivity index (χ2v) is 5.15. The van der Waals surface area contributed by atoms with Crippen molar-refractivity contribution in [2.45, 2.75) is 44.9 Å². The van der Waals surface area contributed by atoms with Crippen LogP contribution in [-0.4, -0.2) is 18.2 Å². The van der Waals surface area contributed by atoms with Crippen LogP contribution in [0.2, 0.25) is 0 Å². The van der Waals surface area contributed by atoms with Crippen LogP contribution in [0, 0.1) is 0 Å². The van der Waals surface area contributed by atoms with Crippen LogP contribution in [0.5, 0.6) is 0 Å². The van der Waals surface area contributed by atoms with Gasteiger partial charge in [-0.25, -0.2) is 0 Å². The molecule has 88 valence electrons. The van der Waals surface area contributed by atoms with Crippen molar-refractivity contribution in [1.29, 1.82) is 0 Å². The zero-order chi connectivity index (χ0) is 11.4. The summed E-state index contributed by atoms with van der Waals surface area (Å²) in [6.45, 7) is 6.23. The Hall–Kier alpha value is -0.860. The van der Waals surface area contributed by atoms with Crippen LogP contribution in [-0.2, 0) is 11.3 Å². The van der Waals surface area contributed by atoms with Crippen molar-refractivity contribution >= 4 is 0 Å². The Morgan fingerprint density at radius 1 is 1.31 bits per heavy atom. The average Bonchev–Trinajstić information content (AvgIpc) is 2.60. The third-order valence-electron chi connectivity index (χ3n) is 3.10. The average molecular weight is 219 g/mol. The van der Waals surface area contributed by atoms with E-state index in [2.05, 4.69) is 43.4 Å². The van der Waals surface area contributed by atoms with Gasteiger partial charge in [-0.3, -0.25) is 0 Å². The molecule has 1 heterocycles. The summed E-state index contributed by atoms with van der Waals surface area (Å²) in [5.41, 5.74) is 1.42. The van der Waals surface area contributed by atoms with Gasteiger partial charge in [0.15, 0.2) is 0 Å². The summed E-state index contributed by atoms with van der Waals surface area (Å²) in [6.07, 6.45) is 2.73. The Balaban J connectivity index is 1.70. The summed E-state index contributed by atoms with van der Waals surface area (Å²) >= 11 is 0. The lowest BCUT2D eigenvalue weighted by Crippen LogP contribution is -2.29. The number of benzene rings is 1. The Morgan fingerprint density at radius 3 is 2.69 bits per heavy atom. The molecule has 2 rings (SSSR count). The highest BCUT2D eigenvalue weighted by molar-refractivity contribution is 5.14. The predicted octanol–water partition coefficient (Wildman–Crippen LogP) is 2.73. The maximum absolute atomic E-state index is 5.92. The lowest BCUT2D eigenvalue weighted by Gasteiger charge is -2.19. The number of hydrogen-bond donors (Lipinski definition) is 1. The second-order valence-electron chi connectivity index (χ2n) is 5.15. The SMILES string of the molecule is CC1(C)CCC(CNCc2ccccc2)O1. The van der Waals surface area contributed by atoms with Crippen molar-refractivity contribution in [3.63, 3.8) is 0 Å². The standard InChI is InChI=1S/C14H21NO/c1-14(2)9-8-13(16-14)11-15-10-12-6-4-3-5-7-12/h3-7,13,15H,8-11H2,1-2H3. The molecule has 0 saturated carbocycles. The van der Waals surface area contributed by atoms with Gasteiger partial charge >= 0.3 is 0 Å². The fourth-order valence-corrected chi connectivity index (χ4v) is 2.19. The van der Waals surface area contributed by atoms with Crippen molar-refractivity contribution in [2.75, 3.05) is 6.54 Å². The highest BCUT2D eigenvalue weighted by Crippen LogP contribution is 2.28. The summed E-state index contributed by atoms with van der Waals surface area (Å²) in [6, 6.07) is 10.5. The first-order valence-corrected chi connectivity index (χ1v) is 6.08. The summed E-state index contributed by atoms with van der Waals surface area (Å²) in [5.74, 6) is 0. The molecule has 16 heavy (non-hydrogen) atoms. The molecule has 0 amide bonds. The van der Waals surface area contributed by atoms with E-state index in [0.29, 0.717) is 6.10 Å². The van der Waals surface area contributed by atoms with Crippen LogP contribution in [0.25, 0.3) is 0 Å². The van der Waals surface area contributed by atoms with Crippen molar-refractivity contribution in [2.24, 2.45) is 0 Å². The van der Waals surface area contributed by atoms with Crippen LogP contribution in [0.1, 0.15) is 32.3 Å². The molecule has 2 heteroatoms. The van der Waals surface area contributed by atoms with Gasteiger partial charge in [0.2, 0.25) is 0 Å². The van der Waals surface area contributed by atoms with E-state index in [1.165, 1.54) is 18.4 Å². The third-order valence-corrected chi connectivity index (χ3v) is 3.10. The molecule has 0 aromatic heterocycles. The largest absolute Gasteiger partial charge is 0.371 e. The molecule has 1 aromatic carbocycles. The molecular formula is C14H21NO. The topological polar surface area (TPSA) is 21.3 Å². The van der Waals surface area contributed by atoms with Crippen LogP contribution in [0.3, 0.4) is 0 Å². The van der Waals surface area contributed by atoms with Crippen LogP contribution in [0.4, 0.5) is 0 Å². The molecule has 1 saturated heterocycles. The molecule has 1 fully saturated rings. The fraction of sp³-hybridized carbons (Fsp3) is 0.571. The van der Waals surface area contributed by atoms with E-state index < -0.39 is 0 Å². The Labute approximate surface area is 98.0 Å². The molecule has 0 aliphatic carbocycles. The van der Waals surface area contributed by atoms with E-state index in [0.717, 1.165) is 13.1 Å². The van der Waals surface area contributed by atoms with Gasteiger partial charge in [0.1, 0.15) is 0 Å². The van der Waals surface area contributed by atoms with Gasteiger partial charge in [-0.1, -0.05) is 30.3 Å². The maximum Gasteiger partial charge on any atom is 0.0707 e. The van der Waals surface area contributed by atoms with Crippen LogP contribution in [0.15, 0.2) is 30.3 Å². The monoisotopic (exact) mass is 219 g/mol. The zero-order valence-corrected chi connectivity index (χ0v) is 10.2. The molecule has 1 N–H and O–H groups in total. The lowest BCUT2D eigenvalue weighted by atomic mass is 10.1. The first kappa shape index (κ1) is 11.6. The minimum absolute atomic E-state index is 0.0824. The molecule has 0 radical (unpaired) electrons. The number of hydrogen-bond acceptors (Lipinski definition) is 2. The Bertz CT molecular complexity index is 321. The summed E-state index contributed by atoms with van der Waals surface area (Å²) in [4.78, 5) is 0. The molecular weight excluding hydrogens is 198 g/mol. The van der Waals surface area contributed by atoms with Gasteiger partial charge in [-0.15, -0.1) is 0 Å². The van der Waals surface area contributed by atoms with Crippen LogP contribution < -0.4 is 5.32 Å². The van der Waals surface area contributed by atoms with Crippen molar-refractivity contribution in [3.05, 3.63) is 35.9 Å². The first-order chi connectivity index (χ1) is 7.66. The van der Waals surface area contributed by atoms with E-state index in [1.54, 1.807) is 0 Å². The number of rotatable bonds is 4. The smallest absolute Gasteiger partial charge is 0.0707 e. The quantitative estimate of drug-likeness (QED) is 0.840. The predicted molar refractivity (Wildman–Crippen MR) is 66.3 cm³/mol. The van der Waals surface area contributed by atoms with Crippen molar-refractivity contribution in [3.8, 4) is 0 Å². The van der Waals surface area contributed by atoms with Gasteiger partial charge < -0.3 is 10.1 Å². The highest BCUT2D eigenvalue weighted by Gasteiger charge is 2.30. The van der Waals surface area contributed by atoms with E-state index in [-0.39, 0.29) is 5.60 Å². The normalized spacial score (nSPS) is 23.5. The Morgan fingerprint density at radius 2 is 2.06 bits per heavy atom. The summed E-state index contributed by atoms with van der Waals surface area (Å²) < 4.78 is 5.92. The molecule has 0 spiro atoms. The summed E-state index contributed by atoms with van der Waals surface area (Å²) in [5, 5.41) is 3.46. The number of ether oxygens (including phenoxy) is 1. The van der Waals surface area contributed by atoms with E-state index >= 15 is 0 Å². The minimum atomic E-state index is 0.0824. The Kier molecular flexibility index (Phi) is 3.62. The van der Waals surface area contributed by atoms with Gasteiger partial charge in [-0.2, -0.15) is 0 Å². The molecule has 1 aromatic rings. The summed E-state index contributed by atoms with van der Waals surface area (Å²) in [7, 11) is 0. The molecule has 1 atom stereocenters. The second kappa shape index (κ2) is 4.98. The third kappa shape index (κ3) is 3.32. The zero-order valence-electron chi connectivity index (χ0n) is 10.2. The van der Waals surface area contributed by atoms with E-state index in [1.807, 2.05) is 6.07 Å². The molecule has 1 aliphatic rings. The van der Waals surface area contributed by atoms with Gasteiger partial charge in [0, 0.05) is 13.1 Å². The minimum Gasteiger partial charge on any atom is -0.371 e. The lowest BCUT2D eigenvalue weighted by molar-refractivity contribution is -0.0142. The van der Waals surface area contributed by atoms with Crippen molar-refractivity contribution in [1.82, 2.24) is 5.32 Å². The molecule has 1 aliphatic heterocycles. The fourth-order valence-electron chi connectivity index (χ4n) is 2.19. The molecule has 0 bridgehead atoms. The van der Waals surface area contributed by atoms with Gasteiger partial charge in [0.05, 0.1) is 11.7 Å². The maximum atomic E-state index is 5.92. The van der Waals surface area contributed by atoms with Crippen molar-refractivity contribution < 1.29 is 4.74 Å².